The molecule has 0 amide bonds. The maximum absolute atomic E-state index is 5.90. The third-order valence-electron chi connectivity index (χ3n) is 4.25. The van der Waals surface area contributed by atoms with Crippen molar-refractivity contribution in [3.05, 3.63) is 87.1 Å². The summed E-state index contributed by atoms with van der Waals surface area (Å²) in [5.74, 6) is 2.28. The van der Waals surface area contributed by atoms with Gasteiger partial charge in [0, 0.05) is 29.6 Å². The van der Waals surface area contributed by atoms with Crippen LogP contribution in [-0.4, -0.2) is 19.7 Å². The van der Waals surface area contributed by atoms with E-state index in [1.165, 1.54) is 5.56 Å². The van der Waals surface area contributed by atoms with Crippen molar-refractivity contribution in [2.45, 2.75) is 23.9 Å². The molecule has 2 heterocycles. The molecule has 0 saturated carbocycles. The number of hydrogen-bond donors (Lipinski definition) is 0. The van der Waals surface area contributed by atoms with E-state index in [0.29, 0.717) is 11.6 Å². The molecule has 0 aliphatic heterocycles. The van der Waals surface area contributed by atoms with Gasteiger partial charge in [-0.05, 0) is 29.8 Å². The van der Waals surface area contributed by atoms with Crippen molar-refractivity contribution >= 4 is 34.7 Å². The molecule has 0 spiro atoms. The number of halogens is 1. The second-order valence-corrected chi connectivity index (χ2v) is 8.71. The number of benzene rings is 2. The van der Waals surface area contributed by atoms with Crippen LogP contribution in [0, 0.1) is 0 Å². The lowest BCUT2D eigenvalue weighted by molar-refractivity contribution is 0.290. The lowest BCUT2D eigenvalue weighted by Crippen LogP contribution is -2.04. The van der Waals surface area contributed by atoms with Gasteiger partial charge < -0.3 is 9.30 Å². The highest BCUT2D eigenvalue weighted by Gasteiger charge is 2.11. The number of rotatable bonds is 8. The van der Waals surface area contributed by atoms with Crippen LogP contribution in [0.2, 0.25) is 5.02 Å². The molecule has 0 N–H and O–H groups in total. The molecule has 0 radical (unpaired) electrons. The summed E-state index contributed by atoms with van der Waals surface area (Å²) in [6.45, 7) is 0.351. The van der Waals surface area contributed by atoms with Crippen LogP contribution in [0.3, 0.4) is 0 Å². The summed E-state index contributed by atoms with van der Waals surface area (Å²) in [6.07, 6.45) is 0.867. The average molecular weight is 443 g/mol. The first-order valence-electron chi connectivity index (χ1n) is 9.04. The Bertz CT molecular complexity index is 1060. The van der Waals surface area contributed by atoms with Crippen LogP contribution >= 0.6 is 34.7 Å². The summed E-state index contributed by atoms with van der Waals surface area (Å²) in [5.41, 5.74) is 2.34. The Kier molecular flexibility index (Phi) is 6.49. The number of hydrogen-bond acceptors (Lipinski definition) is 6. The first-order chi connectivity index (χ1) is 14.2. The first-order valence-corrected chi connectivity index (χ1v) is 11.3. The molecule has 0 unspecified atom stereocenters. The second kappa shape index (κ2) is 9.43. The third kappa shape index (κ3) is 5.38. The van der Waals surface area contributed by atoms with Gasteiger partial charge in [0.2, 0.25) is 0 Å². The van der Waals surface area contributed by atoms with Gasteiger partial charge in [0.1, 0.15) is 12.4 Å². The van der Waals surface area contributed by atoms with E-state index < -0.39 is 0 Å². The van der Waals surface area contributed by atoms with Crippen molar-refractivity contribution in [3.8, 4) is 5.75 Å². The fourth-order valence-corrected chi connectivity index (χ4v) is 4.56. The van der Waals surface area contributed by atoms with Crippen LogP contribution in [-0.2, 0) is 25.8 Å². The van der Waals surface area contributed by atoms with Gasteiger partial charge >= 0.3 is 0 Å². The minimum atomic E-state index is 0.351. The number of nitrogens with zero attached hydrogens (tertiary/aromatic N) is 4. The molecule has 29 heavy (non-hydrogen) atoms. The van der Waals surface area contributed by atoms with E-state index >= 15 is 0 Å². The van der Waals surface area contributed by atoms with Gasteiger partial charge in [0.15, 0.2) is 11.0 Å². The molecule has 5 nitrogen and oxygen atoms in total. The smallest absolute Gasteiger partial charge is 0.191 e. The fraction of sp³-hybridized carbons (Fsp3) is 0.190. The maximum Gasteiger partial charge on any atom is 0.191 e. The lowest BCUT2D eigenvalue weighted by atomic mass is 10.2. The molecule has 4 rings (SSSR count). The highest BCUT2D eigenvalue weighted by molar-refractivity contribution is 7.98. The normalized spacial score (nSPS) is 11.0. The Morgan fingerprint density at radius 3 is 2.66 bits per heavy atom. The van der Waals surface area contributed by atoms with E-state index in [2.05, 4.69) is 39.8 Å². The van der Waals surface area contributed by atoms with Crippen LogP contribution in [0.1, 0.15) is 22.1 Å². The van der Waals surface area contributed by atoms with Crippen molar-refractivity contribution in [2.75, 3.05) is 0 Å². The molecular formula is C21H19ClN4OS2. The Balaban J connectivity index is 1.32. The zero-order valence-corrected chi connectivity index (χ0v) is 18.2. The molecule has 0 bridgehead atoms. The highest BCUT2D eigenvalue weighted by atomic mass is 35.5. The minimum Gasteiger partial charge on any atom is -0.486 e. The van der Waals surface area contributed by atoms with Crippen molar-refractivity contribution in [1.29, 1.82) is 0 Å². The molecule has 2 aromatic heterocycles. The molecule has 148 valence electrons. The highest BCUT2D eigenvalue weighted by Crippen LogP contribution is 2.24. The Hall–Kier alpha value is -2.35. The molecule has 2 aromatic carbocycles. The molecular weight excluding hydrogens is 424 g/mol. The van der Waals surface area contributed by atoms with E-state index in [-0.39, 0.29) is 0 Å². The van der Waals surface area contributed by atoms with E-state index in [1.807, 2.05) is 29.8 Å². The number of ether oxygens (including phenoxy) is 1. The number of aromatic nitrogens is 4. The number of thioether (sulfide) groups is 1. The van der Waals surface area contributed by atoms with E-state index in [1.54, 1.807) is 35.2 Å². The second-order valence-electron chi connectivity index (χ2n) is 6.38. The largest absolute Gasteiger partial charge is 0.486 e. The molecule has 0 saturated heterocycles. The van der Waals surface area contributed by atoms with Crippen molar-refractivity contribution < 1.29 is 4.74 Å². The average Bonchev–Trinajstić information content (AvgIpc) is 3.33. The number of thiazole rings is 1. The van der Waals surface area contributed by atoms with Crippen molar-refractivity contribution in [3.63, 3.8) is 0 Å². The molecule has 0 aliphatic carbocycles. The first kappa shape index (κ1) is 19.9. The quantitative estimate of drug-likeness (QED) is 0.342. The third-order valence-corrected chi connectivity index (χ3v) is 6.46. The molecule has 0 atom stereocenters. The Labute approximate surface area is 182 Å². The molecule has 0 aliphatic rings. The summed E-state index contributed by atoms with van der Waals surface area (Å²) in [5, 5.41) is 13.3. The zero-order valence-electron chi connectivity index (χ0n) is 15.8. The van der Waals surface area contributed by atoms with Gasteiger partial charge in [0.05, 0.1) is 10.7 Å². The summed E-state index contributed by atoms with van der Waals surface area (Å²) >= 11 is 9.22. The predicted molar refractivity (Wildman–Crippen MR) is 118 cm³/mol. The van der Waals surface area contributed by atoms with Crippen LogP contribution in [0.5, 0.6) is 5.75 Å². The van der Waals surface area contributed by atoms with Crippen LogP contribution in [0.4, 0.5) is 0 Å². The fourth-order valence-electron chi connectivity index (χ4n) is 2.68. The van der Waals surface area contributed by atoms with E-state index in [0.717, 1.165) is 39.6 Å². The topological polar surface area (TPSA) is 52.8 Å². The SMILES string of the molecule is Cn1c(COc2ccc(Cl)cc2)nnc1SCc1csc(Cc2ccccc2)n1. The van der Waals surface area contributed by atoms with Gasteiger partial charge in [0.25, 0.3) is 0 Å². The lowest BCUT2D eigenvalue weighted by Gasteiger charge is -2.06. The van der Waals surface area contributed by atoms with Gasteiger partial charge in [-0.15, -0.1) is 21.5 Å². The van der Waals surface area contributed by atoms with Crippen LogP contribution in [0.25, 0.3) is 0 Å². The summed E-state index contributed by atoms with van der Waals surface area (Å²) in [4.78, 5) is 4.74. The summed E-state index contributed by atoms with van der Waals surface area (Å²) in [6, 6.07) is 17.7. The molecule has 8 heteroatoms. The Morgan fingerprint density at radius 2 is 1.86 bits per heavy atom. The standard InChI is InChI=1S/C21H19ClN4OS2/c1-26-19(12-27-18-9-7-16(22)8-10-18)24-25-21(26)29-14-17-13-28-20(23-17)11-15-5-3-2-4-6-15/h2-10,13H,11-12,14H2,1H3. The van der Waals surface area contributed by atoms with E-state index in [4.69, 9.17) is 21.3 Å². The maximum atomic E-state index is 5.90. The van der Waals surface area contributed by atoms with Gasteiger partial charge in [-0.2, -0.15) is 0 Å². The molecule has 0 fully saturated rings. The van der Waals surface area contributed by atoms with E-state index in [9.17, 15) is 0 Å². The monoisotopic (exact) mass is 442 g/mol. The van der Waals surface area contributed by atoms with Gasteiger partial charge in [-0.25, -0.2) is 4.98 Å². The summed E-state index contributed by atoms with van der Waals surface area (Å²) < 4.78 is 7.72. The zero-order chi connectivity index (χ0) is 20.1. The van der Waals surface area contributed by atoms with Gasteiger partial charge in [-0.3, -0.25) is 0 Å². The van der Waals surface area contributed by atoms with Gasteiger partial charge in [-0.1, -0.05) is 53.7 Å². The van der Waals surface area contributed by atoms with Crippen LogP contribution in [0.15, 0.2) is 65.1 Å². The van der Waals surface area contributed by atoms with Crippen molar-refractivity contribution in [1.82, 2.24) is 19.7 Å². The minimum absolute atomic E-state index is 0.351. The van der Waals surface area contributed by atoms with Crippen LogP contribution < -0.4 is 4.74 Å². The summed E-state index contributed by atoms with van der Waals surface area (Å²) in [7, 11) is 1.95. The predicted octanol–water partition coefficient (Wildman–Crippen LogP) is 5.39. The molecule has 4 aromatic rings. The van der Waals surface area contributed by atoms with Crippen molar-refractivity contribution in [2.24, 2.45) is 7.05 Å². The Morgan fingerprint density at radius 1 is 1.07 bits per heavy atom.